The average molecular weight is 398 g/mol. The number of nitrogens with one attached hydrogen (secondary N) is 1. The summed E-state index contributed by atoms with van der Waals surface area (Å²) in [5.41, 5.74) is -0.0471. The number of halogens is 1. The molecule has 7 heteroatoms. The fraction of sp³-hybridized carbons (Fsp3) is 0.0714. The summed E-state index contributed by atoms with van der Waals surface area (Å²) in [4.78, 5) is 22.1. The SMILES string of the molecule is CNC(=O)c1ccc(Oc2cccc(I)c2)c([N+](=O)[O-])c1. The molecule has 1 amide bonds. The summed E-state index contributed by atoms with van der Waals surface area (Å²) >= 11 is 2.12. The predicted octanol–water partition coefficient (Wildman–Crippen LogP) is 3.35. The Morgan fingerprint density at radius 3 is 2.67 bits per heavy atom. The molecule has 0 saturated heterocycles. The molecular weight excluding hydrogens is 387 g/mol. The first-order chi connectivity index (χ1) is 10.0. The van der Waals surface area contributed by atoms with E-state index in [1.54, 1.807) is 18.2 Å². The molecule has 0 bridgehead atoms. The van der Waals surface area contributed by atoms with Gasteiger partial charge in [-0.25, -0.2) is 0 Å². The first kappa shape index (κ1) is 15.2. The first-order valence-corrected chi connectivity index (χ1v) is 7.03. The van der Waals surface area contributed by atoms with Gasteiger partial charge in [-0.15, -0.1) is 0 Å². The normalized spacial score (nSPS) is 10.0. The predicted molar refractivity (Wildman–Crippen MR) is 85.7 cm³/mol. The van der Waals surface area contributed by atoms with Gasteiger partial charge in [-0.05, 0) is 52.9 Å². The molecule has 6 nitrogen and oxygen atoms in total. The van der Waals surface area contributed by atoms with Crippen LogP contribution in [0.2, 0.25) is 0 Å². The van der Waals surface area contributed by atoms with Crippen molar-refractivity contribution < 1.29 is 14.5 Å². The molecule has 2 rings (SSSR count). The number of ether oxygens (including phenoxy) is 1. The summed E-state index contributed by atoms with van der Waals surface area (Å²) in [5, 5.41) is 13.6. The Balaban J connectivity index is 2.39. The Labute approximate surface area is 134 Å². The number of carbonyl (C=O) groups is 1. The largest absolute Gasteiger partial charge is 0.450 e. The first-order valence-electron chi connectivity index (χ1n) is 5.95. The second-order valence-electron chi connectivity index (χ2n) is 4.08. The Morgan fingerprint density at radius 1 is 1.29 bits per heavy atom. The van der Waals surface area contributed by atoms with Crippen LogP contribution < -0.4 is 10.1 Å². The van der Waals surface area contributed by atoms with Crippen LogP contribution in [-0.2, 0) is 0 Å². The minimum Gasteiger partial charge on any atom is -0.450 e. The van der Waals surface area contributed by atoms with Crippen LogP contribution in [0.5, 0.6) is 11.5 Å². The summed E-state index contributed by atoms with van der Waals surface area (Å²) in [6.45, 7) is 0. The van der Waals surface area contributed by atoms with Crippen molar-refractivity contribution in [3.8, 4) is 11.5 Å². The lowest BCUT2D eigenvalue weighted by molar-refractivity contribution is -0.385. The summed E-state index contributed by atoms with van der Waals surface area (Å²) < 4.78 is 6.50. The highest BCUT2D eigenvalue weighted by Crippen LogP contribution is 2.32. The van der Waals surface area contributed by atoms with Gasteiger partial charge in [0.25, 0.3) is 5.91 Å². The van der Waals surface area contributed by atoms with Gasteiger partial charge >= 0.3 is 5.69 Å². The molecule has 0 atom stereocenters. The molecule has 2 aromatic carbocycles. The van der Waals surface area contributed by atoms with E-state index in [9.17, 15) is 14.9 Å². The molecule has 0 heterocycles. The van der Waals surface area contributed by atoms with E-state index in [0.717, 1.165) is 3.57 Å². The standard InChI is InChI=1S/C14H11IN2O4/c1-16-14(18)9-5-6-13(12(7-9)17(19)20)21-11-4-2-3-10(15)8-11/h2-8H,1H3,(H,16,18). The number of nitro benzene ring substituents is 1. The van der Waals surface area contributed by atoms with Crippen molar-refractivity contribution in [1.82, 2.24) is 5.32 Å². The van der Waals surface area contributed by atoms with Crippen LogP contribution in [0.25, 0.3) is 0 Å². The van der Waals surface area contributed by atoms with Gasteiger partial charge in [-0.1, -0.05) is 6.07 Å². The molecule has 0 aromatic heterocycles. The van der Waals surface area contributed by atoms with E-state index in [4.69, 9.17) is 4.74 Å². The van der Waals surface area contributed by atoms with E-state index < -0.39 is 4.92 Å². The summed E-state index contributed by atoms with van der Waals surface area (Å²) in [7, 11) is 1.46. The Hall–Kier alpha value is -2.16. The number of rotatable bonds is 4. The molecule has 1 N–H and O–H groups in total. The number of amides is 1. The van der Waals surface area contributed by atoms with Gasteiger partial charge in [0, 0.05) is 22.2 Å². The maximum Gasteiger partial charge on any atom is 0.312 e. The van der Waals surface area contributed by atoms with E-state index in [0.29, 0.717) is 5.75 Å². The molecule has 0 spiro atoms. The van der Waals surface area contributed by atoms with Crippen molar-refractivity contribution in [2.24, 2.45) is 0 Å². The molecule has 0 radical (unpaired) electrons. The third-order valence-corrected chi connectivity index (χ3v) is 3.34. The zero-order valence-electron chi connectivity index (χ0n) is 11.0. The van der Waals surface area contributed by atoms with Crippen LogP contribution in [0.1, 0.15) is 10.4 Å². The van der Waals surface area contributed by atoms with Crippen LogP contribution in [0.4, 0.5) is 5.69 Å². The third-order valence-electron chi connectivity index (χ3n) is 2.67. The minimum atomic E-state index is -0.574. The highest BCUT2D eigenvalue weighted by molar-refractivity contribution is 14.1. The number of carbonyl (C=O) groups excluding carboxylic acids is 1. The maximum atomic E-state index is 11.5. The van der Waals surface area contributed by atoms with Gasteiger partial charge in [-0.3, -0.25) is 14.9 Å². The van der Waals surface area contributed by atoms with Crippen LogP contribution in [0.3, 0.4) is 0 Å². The molecular formula is C14H11IN2O4. The second kappa shape index (κ2) is 6.53. The average Bonchev–Trinajstić information content (AvgIpc) is 2.46. The lowest BCUT2D eigenvalue weighted by Crippen LogP contribution is -2.17. The molecule has 0 aliphatic rings. The van der Waals surface area contributed by atoms with Crippen molar-refractivity contribution in [2.45, 2.75) is 0 Å². The number of benzene rings is 2. The van der Waals surface area contributed by atoms with Crippen LogP contribution in [0, 0.1) is 13.7 Å². The van der Waals surface area contributed by atoms with Gasteiger partial charge < -0.3 is 10.1 Å². The lowest BCUT2D eigenvalue weighted by atomic mass is 10.1. The Kier molecular flexibility index (Phi) is 4.73. The van der Waals surface area contributed by atoms with Gasteiger partial charge in [0.1, 0.15) is 5.75 Å². The van der Waals surface area contributed by atoms with Gasteiger partial charge in [0.05, 0.1) is 4.92 Å². The number of hydrogen-bond acceptors (Lipinski definition) is 4. The van der Waals surface area contributed by atoms with Crippen LogP contribution in [0.15, 0.2) is 42.5 Å². The molecule has 0 aliphatic carbocycles. The minimum absolute atomic E-state index is 0.0923. The molecule has 0 unspecified atom stereocenters. The van der Waals surface area contributed by atoms with Gasteiger partial charge in [-0.2, -0.15) is 0 Å². The van der Waals surface area contributed by atoms with E-state index in [1.807, 2.05) is 6.07 Å². The zero-order valence-corrected chi connectivity index (χ0v) is 13.2. The number of hydrogen-bond donors (Lipinski definition) is 1. The van der Waals surface area contributed by atoms with Crippen LogP contribution in [-0.4, -0.2) is 17.9 Å². The van der Waals surface area contributed by atoms with E-state index >= 15 is 0 Å². The maximum absolute atomic E-state index is 11.5. The van der Waals surface area contributed by atoms with Gasteiger partial charge in [0.15, 0.2) is 0 Å². The van der Waals surface area contributed by atoms with Crippen molar-refractivity contribution in [2.75, 3.05) is 7.05 Å². The Bertz CT molecular complexity index is 703. The smallest absolute Gasteiger partial charge is 0.312 e. The molecule has 21 heavy (non-hydrogen) atoms. The molecule has 0 fully saturated rings. The van der Waals surface area contributed by atoms with Crippen molar-refractivity contribution in [3.63, 3.8) is 0 Å². The molecule has 2 aromatic rings. The Morgan fingerprint density at radius 2 is 2.05 bits per heavy atom. The lowest BCUT2D eigenvalue weighted by Gasteiger charge is -2.08. The monoisotopic (exact) mass is 398 g/mol. The zero-order chi connectivity index (χ0) is 15.4. The topological polar surface area (TPSA) is 81.5 Å². The number of nitro groups is 1. The fourth-order valence-corrected chi connectivity index (χ4v) is 2.20. The van der Waals surface area contributed by atoms with Crippen molar-refractivity contribution in [3.05, 3.63) is 61.7 Å². The summed E-state index contributed by atoms with van der Waals surface area (Å²) in [6, 6.07) is 11.2. The van der Waals surface area contributed by atoms with Crippen LogP contribution >= 0.6 is 22.6 Å². The fourth-order valence-electron chi connectivity index (χ4n) is 1.69. The summed E-state index contributed by atoms with van der Waals surface area (Å²) in [5.74, 6) is 0.200. The molecule has 0 saturated carbocycles. The van der Waals surface area contributed by atoms with Gasteiger partial charge in [0.2, 0.25) is 5.75 Å². The second-order valence-corrected chi connectivity index (χ2v) is 5.32. The van der Waals surface area contributed by atoms with E-state index in [-0.39, 0.29) is 22.9 Å². The highest BCUT2D eigenvalue weighted by atomic mass is 127. The number of nitrogens with zero attached hydrogens (tertiary/aromatic N) is 1. The molecule has 0 aliphatic heterocycles. The molecule has 108 valence electrons. The highest BCUT2D eigenvalue weighted by Gasteiger charge is 2.19. The third kappa shape index (κ3) is 3.69. The van der Waals surface area contributed by atoms with Crippen molar-refractivity contribution >= 4 is 34.2 Å². The van der Waals surface area contributed by atoms with E-state index in [2.05, 4.69) is 27.9 Å². The van der Waals surface area contributed by atoms with Crippen molar-refractivity contribution in [1.29, 1.82) is 0 Å². The summed E-state index contributed by atoms with van der Waals surface area (Å²) in [6.07, 6.45) is 0. The van der Waals surface area contributed by atoms with E-state index in [1.165, 1.54) is 25.2 Å². The quantitative estimate of drug-likeness (QED) is 0.487.